The van der Waals surface area contributed by atoms with Crippen molar-refractivity contribution >= 4 is 17.3 Å². The second kappa shape index (κ2) is 5.23. The molecule has 0 aliphatic carbocycles. The lowest BCUT2D eigenvalue weighted by atomic mass is 10.3. The summed E-state index contributed by atoms with van der Waals surface area (Å²) in [6.07, 6.45) is 1.09. The third kappa shape index (κ3) is 3.00. The summed E-state index contributed by atoms with van der Waals surface area (Å²) in [5.74, 6) is 0.597. The second-order valence-corrected chi connectivity index (χ2v) is 5.13. The van der Waals surface area contributed by atoms with Crippen LogP contribution >= 0.6 is 11.3 Å². The van der Waals surface area contributed by atoms with Gasteiger partial charge in [0, 0.05) is 9.75 Å². The van der Waals surface area contributed by atoms with Crippen molar-refractivity contribution in [2.75, 3.05) is 5.32 Å². The van der Waals surface area contributed by atoms with Crippen molar-refractivity contribution in [3.8, 4) is 0 Å². The highest BCUT2D eigenvalue weighted by Gasteiger charge is 2.02. The summed E-state index contributed by atoms with van der Waals surface area (Å²) in [6.45, 7) is 6.77. The number of thiophene rings is 1. The predicted molar refractivity (Wildman–Crippen MR) is 70.3 cm³/mol. The van der Waals surface area contributed by atoms with Gasteiger partial charge < -0.3 is 5.32 Å². The highest BCUT2D eigenvalue weighted by molar-refractivity contribution is 7.12. The van der Waals surface area contributed by atoms with Gasteiger partial charge in [0.15, 0.2) is 0 Å². The Morgan fingerprint density at radius 2 is 1.88 bits per heavy atom. The molecular weight excluding hydrogens is 232 g/mol. The molecule has 0 bridgehead atoms. The normalized spacial score (nSPS) is 10.5. The first kappa shape index (κ1) is 12.0. The van der Waals surface area contributed by atoms with Crippen molar-refractivity contribution < 1.29 is 0 Å². The monoisotopic (exact) mass is 248 g/mol. The van der Waals surface area contributed by atoms with E-state index in [4.69, 9.17) is 0 Å². The van der Waals surface area contributed by atoms with E-state index in [9.17, 15) is 0 Å². The summed E-state index contributed by atoms with van der Waals surface area (Å²) < 4.78 is 0. The average Bonchev–Trinajstić information content (AvgIpc) is 2.79. The lowest BCUT2D eigenvalue weighted by Gasteiger charge is -2.03. The highest BCUT2D eigenvalue weighted by atomic mass is 32.1. The highest BCUT2D eigenvalue weighted by Crippen LogP contribution is 2.17. The minimum atomic E-state index is 0.597. The smallest absolute Gasteiger partial charge is 0.243 e. The van der Waals surface area contributed by atoms with Crippen LogP contribution in [0.25, 0.3) is 0 Å². The molecule has 4 nitrogen and oxygen atoms in total. The zero-order valence-corrected chi connectivity index (χ0v) is 11.1. The van der Waals surface area contributed by atoms with Crippen LogP contribution in [0.5, 0.6) is 0 Å². The van der Waals surface area contributed by atoms with Gasteiger partial charge in [0.25, 0.3) is 0 Å². The Hall–Kier alpha value is -1.49. The Balaban J connectivity index is 1.99. The van der Waals surface area contributed by atoms with Crippen molar-refractivity contribution in [3.63, 3.8) is 0 Å². The molecule has 1 N–H and O–H groups in total. The van der Waals surface area contributed by atoms with Gasteiger partial charge in [0.1, 0.15) is 0 Å². The minimum absolute atomic E-state index is 0.597. The van der Waals surface area contributed by atoms with Crippen molar-refractivity contribution in [2.45, 2.75) is 33.7 Å². The Labute approximate surface area is 105 Å². The van der Waals surface area contributed by atoms with Crippen molar-refractivity contribution in [1.29, 1.82) is 0 Å². The molecule has 0 aliphatic heterocycles. The standard InChI is InChI=1S/C12H16N4S/c1-4-10-5-6-11(17-10)7-13-12-14-8(2)9(3)15-16-12/h5-6H,4,7H2,1-3H3,(H,13,14,16). The number of nitrogens with zero attached hydrogens (tertiary/aromatic N) is 3. The van der Waals surface area contributed by atoms with Crippen LogP contribution in [-0.2, 0) is 13.0 Å². The maximum absolute atomic E-state index is 4.33. The van der Waals surface area contributed by atoms with Gasteiger partial charge in [-0.2, -0.15) is 5.10 Å². The molecule has 0 radical (unpaired) electrons. The second-order valence-electron chi connectivity index (χ2n) is 3.88. The fourth-order valence-corrected chi connectivity index (χ4v) is 2.30. The molecule has 0 aromatic carbocycles. The van der Waals surface area contributed by atoms with E-state index in [2.05, 4.69) is 39.6 Å². The van der Waals surface area contributed by atoms with Gasteiger partial charge in [-0.3, -0.25) is 0 Å². The van der Waals surface area contributed by atoms with Crippen LogP contribution in [0.4, 0.5) is 5.95 Å². The van der Waals surface area contributed by atoms with E-state index in [0.717, 1.165) is 24.4 Å². The van der Waals surface area contributed by atoms with Crippen LogP contribution in [0, 0.1) is 13.8 Å². The van der Waals surface area contributed by atoms with Crippen molar-refractivity contribution in [3.05, 3.63) is 33.3 Å². The lowest BCUT2D eigenvalue weighted by molar-refractivity contribution is 0.887. The van der Waals surface area contributed by atoms with Gasteiger partial charge in [0.2, 0.25) is 5.95 Å². The van der Waals surface area contributed by atoms with Crippen LogP contribution in [0.15, 0.2) is 12.1 Å². The van der Waals surface area contributed by atoms with Crippen molar-refractivity contribution in [2.24, 2.45) is 0 Å². The van der Waals surface area contributed by atoms with E-state index in [1.54, 1.807) is 0 Å². The predicted octanol–water partition coefficient (Wildman–Crippen LogP) is 2.72. The van der Waals surface area contributed by atoms with E-state index in [-0.39, 0.29) is 0 Å². The molecule has 0 amide bonds. The van der Waals surface area contributed by atoms with Crippen LogP contribution in [0.1, 0.15) is 28.1 Å². The molecule has 0 spiro atoms. The third-order valence-corrected chi connectivity index (χ3v) is 3.81. The molecule has 90 valence electrons. The van der Waals surface area contributed by atoms with Gasteiger partial charge in [-0.15, -0.1) is 16.4 Å². The molecule has 0 unspecified atom stereocenters. The summed E-state index contributed by atoms with van der Waals surface area (Å²) in [5.41, 5.74) is 1.79. The van der Waals surface area contributed by atoms with E-state index < -0.39 is 0 Å². The summed E-state index contributed by atoms with van der Waals surface area (Å²) >= 11 is 1.82. The number of hydrogen-bond donors (Lipinski definition) is 1. The quantitative estimate of drug-likeness (QED) is 0.904. The topological polar surface area (TPSA) is 50.7 Å². The maximum atomic E-state index is 4.33. The first-order valence-electron chi connectivity index (χ1n) is 5.68. The lowest BCUT2D eigenvalue weighted by Crippen LogP contribution is -2.06. The third-order valence-electron chi connectivity index (χ3n) is 2.58. The Morgan fingerprint density at radius 3 is 2.53 bits per heavy atom. The first-order valence-corrected chi connectivity index (χ1v) is 6.50. The molecular formula is C12H16N4S. The van der Waals surface area contributed by atoms with Crippen LogP contribution in [-0.4, -0.2) is 15.2 Å². The molecule has 2 rings (SSSR count). The SMILES string of the molecule is CCc1ccc(CNc2nnc(C)c(C)n2)s1. The number of aromatic nitrogens is 3. The molecule has 0 saturated carbocycles. The first-order chi connectivity index (χ1) is 8.19. The molecule has 0 saturated heterocycles. The Bertz CT molecular complexity index is 507. The largest absolute Gasteiger partial charge is 0.348 e. The molecule has 2 aromatic heterocycles. The van der Waals surface area contributed by atoms with Gasteiger partial charge >= 0.3 is 0 Å². The number of nitrogens with one attached hydrogen (secondary N) is 1. The Kier molecular flexibility index (Phi) is 3.68. The van der Waals surface area contributed by atoms with E-state index in [1.807, 2.05) is 25.2 Å². The number of rotatable bonds is 4. The van der Waals surface area contributed by atoms with E-state index in [1.165, 1.54) is 9.75 Å². The fraction of sp³-hybridized carbons (Fsp3) is 0.417. The fourth-order valence-electron chi connectivity index (χ4n) is 1.41. The zero-order chi connectivity index (χ0) is 12.3. The van der Waals surface area contributed by atoms with Gasteiger partial charge in [-0.05, 0) is 32.4 Å². The van der Waals surface area contributed by atoms with E-state index >= 15 is 0 Å². The molecule has 0 atom stereocenters. The molecule has 17 heavy (non-hydrogen) atoms. The average molecular weight is 248 g/mol. The summed E-state index contributed by atoms with van der Waals surface area (Å²) in [7, 11) is 0. The molecule has 5 heteroatoms. The zero-order valence-electron chi connectivity index (χ0n) is 10.3. The van der Waals surface area contributed by atoms with Gasteiger partial charge in [0.05, 0.1) is 17.9 Å². The molecule has 0 aliphatic rings. The van der Waals surface area contributed by atoms with Gasteiger partial charge in [-0.25, -0.2) is 4.98 Å². The molecule has 2 heterocycles. The van der Waals surface area contributed by atoms with E-state index in [0.29, 0.717) is 5.95 Å². The minimum Gasteiger partial charge on any atom is -0.348 e. The van der Waals surface area contributed by atoms with Gasteiger partial charge in [-0.1, -0.05) is 6.92 Å². The molecule has 0 fully saturated rings. The number of aryl methyl sites for hydroxylation is 3. The van der Waals surface area contributed by atoms with Crippen LogP contribution in [0.3, 0.4) is 0 Å². The van der Waals surface area contributed by atoms with Crippen molar-refractivity contribution in [1.82, 2.24) is 15.2 Å². The number of anilines is 1. The van der Waals surface area contributed by atoms with Crippen LogP contribution < -0.4 is 5.32 Å². The molecule has 2 aromatic rings. The maximum Gasteiger partial charge on any atom is 0.243 e. The number of hydrogen-bond acceptors (Lipinski definition) is 5. The summed E-state index contributed by atoms with van der Waals surface area (Å²) in [6, 6.07) is 4.31. The summed E-state index contributed by atoms with van der Waals surface area (Å²) in [4.78, 5) is 7.03. The Morgan fingerprint density at radius 1 is 1.12 bits per heavy atom. The summed E-state index contributed by atoms with van der Waals surface area (Å²) in [5, 5.41) is 11.2. The van der Waals surface area contributed by atoms with Crippen LogP contribution in [0.2, 0.25) is 0 Å².